The average molecular weight is 257 g/mol. The van der Waals surface area contributed by atoms with Gasteiger partial charge in [-0.05, 0) is 32.4 Å². The summed E-state index contributed by atoms with van der Waals surface area (Å²) in [6.45, 7) is 9.44. The van der Waals surface area contributed by atoms with E-state index < -0.39 is 0 Å². The van der Waals surface area contributed by atoms with Crippen LogP contribution in [0, 0.1) is 13.8 Å². The maximum atomic E-state index is 4.79. The third-order valence-corrected chi connectivity index (χ3v) is 3.35. The maximum Gasteiger partial charge on any atom is 0.138 e. The van der Waals surface area contributed by atoms with E-state index in [4.69, 9.17) is 4.98 Å². The third kappa shape index (κ3) is 2.87. The van der Waals surface area contributed by atoms with E-state index in [1.54, 1.807) is 0 Å². The molecule has 2 N–H and O–H groups in total. The van der Waals surface area contributed by atoms with Crippen molar-refractivity contribution in [2.45, 2.75) is 40.2 Å². The zero-order valence-corrected chi connectivity index (χ0v) is 12.5. The number of aryl methyl sites for hydroxylation is 2. The van der Waals surface area contributed by atoms with Crippen LogP contribution in [0.3, 0.4) is 0 Å². The first-order valence-corrected chi connectivity index (χ1v) is 6.84. The van der Waals surface area contributed by atoms with Gasteiger partial charge >= 0.3 is 0 Å². The average Bonchev–Trinajstić information content (AvgIpc) is 2.73. The fourth-order valence-corrected chi connectivity index (χ4v) is 2.42. The standard InChI is InChI=1S/C16H23N3/c1-10(2)15-14(9-17-5)18-16(19-15)13-7-6-11(3)8-12(13)4/h6-8,10,17H,9H2,1-5H3,(H,18,19). The molecule has 0 saturated carbocycles. The van der Waals surface area contributed by atoms with E-state index in [1.165, 1.54) is 22.4 Å². The second-order valence-electron chi connectivity index (χ2n) is 5.45. The van der Waals surface area contributed by atoms with Gasteiger partial charge < -0.3 is 10.3 Å². The molecule has 1 aromatic carbocycles. The second-order valence-corrected chi connectivity index (χ2v) is 5.45. The molecule has 0 atom stereocenters. The summed E-state index contributed by atoms with van der Waals surface area (Å²) in [7, 11) is 1.96. The topological polar surface area (TPSA) is 40.7 Å². The Balaban J connectivity index is 2.47. The molecule has 0 saturated heterocycles. The number of benzene rings is 1. The van der Waals surface area contributed by atoms with E-state index in [-0.39, 0.29) is 0 Å². The van der Waals surface area contributed by atoms with E-state index >= 15 is 0 Å². The van der Waals surface area contributed by atoms with Gasteiger partial charge in [0, 0.05) is 12.1 Å². The third-order valence-electron chi connectivity index (χ3n) is 3.35. The lowest BCUT2D eigenvalue weighted by molar-refractivity contribution is 0.750. The van der Waals surface area contributed by atoms with Crippen LogP contribution >= 0.6 is 0 Å². The molecule has 3 nitrogen and oxygen atoms in total. The van der Waals surface area contributed by atoms with Crippen molar-refractivity contribution in [3.05, 3.63) is 40.7 Å². The summed E-state index contributed by atoms with van der Waals surface area (Å²) in [6.07, 6.45) is 0. The van der Waals surface area contributed by atoms with Gasteiger partial charge in [-0.2, -0.15) is 0 Å². The Bertz CT molecular complexity index is 567. The molecule has 0 aliphatic carbocycles. The van der Waals surface area contributed by atoms with Crippen molar-refractivity contribution in [1.82, 2.24) is 15.3 Å². The summed E-state index contributed by atoms with van der Waals surface area (Å²) < 4.78 is 0. The minimum absolute atomic E-state index is 0.430. The van der Waals surface area contributed by atoms with Crippen LogP contribution in [0.25, 0.3) is 11.4 Å². The number of H-pyrrole nitrogens is 1. The van der Waals surface area contributed by atoms with E-state index in [2.05, 4.69) is 56.2 Å². The Morgan fingerprint density at radius 2 is 2.00 bits per heavy atom. The number of hydrogen-bond donors (Lipinski definition) is 2. The predicted molar refractivity (Wildman–Crippen MR) is 80.4 cm³/mol. The minimum atomic E-state index is 0.430. The van der Waals surface area contributed by atoms with E-state index in [9.17, 15) is 0 Å². The van der Waals surface area contributed by atoms with Crippen molar-refractivity contribution < 1.29 is 0 Å². The fraction of sp³-hybridized carbons (Fsp3) is 0.438. The molecule has 0 aliphatic heterocycles. The van der Waals surface area contributed by atoms with Crippen LogP contribution in [-0.4, -0.2) is 17.0 Å². The number of aromatic nitrogens is 2. The van der Waals surface area contributed by atoms with Gasteiger partial charge in [-0.1, -0.05) is 37.6 Å². The van der Waals surface area contributed by atoms with Crippen molar-refractivity contribution in [2.24, 2.45) is 0 Å². The molecule has 2 rings (SSSR count). The normalized spacial score (nSPS) is 11.3. The van der Waals surface area contributed by atoms with Crippen LogP contribution in [0.2, 0.25) is 0 Å². The minimum Gasteiger partial charge on any atom is -0.341 e. The van der Waals surface area contributed by atoms with Gasteiger partial charge in [-0.3, -0.25) is 0 Å². The number of rotatable bonds is 4. The predicted octanol–water partition coefficient (Wildman–Crippen LogP) is 3.54. The smallest absolute Gasteiger partial charge is 0.138 e. The molecule has 0 spiro atoms. The molecule has 0 unspecified atom stereocenters. The SMILES string of the molecule is CNCc1[nH]c(-c2ccc(C)cc2C)nc1C(C)C. The van der Waals surface area contributed by atoms with E-state index in [0.29, 0.717) is 5.92 Å². The number of imidazole rings is 1. The first-order valence-electron chi connectivity index (χ1n) is 6.84. The summed E-state index contributed by atoms with van der Waals surface area (Å²) in [5.74, 6) is 1.41. The largest absolute Gasteiger partial charge is 0.341 e. The van der Waals surface area contributed by atoms with Crippen LogP contribution in [0.4, 0.5) is 0 Å². The first-order chi connectivity index (χ1) is 9.02. The molecular formula is C16H23N3. The Morgan fingerprint density at radius 1 is 1.26 bits per heavy atom. The number of nitrogens with one attached hydrogen (secondary N) is 2. The molecule has 0 amide bonds. The van der Waals surface area contributed by atoms with Crippen molar-refractivity contribution >= 4 is 0 Å². The quantitative estimate of drug-likeness (QED) is 0.879. The van der Waals surface area contributed by atoms with Crippen molar-refractivity contribution in [1.29, 1.82) is 0 Å². The lowest BCUT2D eigenvalue weighted by Gasteiger charge is -2.03. The van der Waals surface area contributed by atoms with Crippen LogP contribution in [0.15, 0.2) is 18.2 Å². The Hall–Kier alpha value is -1.61. The summed E-state index contributed by atoms with van der Waals surface area (Å²) in [4.78, 5) is 8.26. The van der Waals surface area contributed by atoms with Crippen molar-refractivity contribution in [3.63, 3.8) is 0 Å². The summed E-state index contributed by atoms with van der Waals surface area (Å²) in [5, 5.41) is 3.20. The molecule has 0 bridgehead atoms. The molecule has 1 heterocycles. The number of hydrogen-bond acceptors (Lipinski definition) is 2. The number of aromatic amines is 1. The highest BCUT2D eigenvalue weighted by molar-refractivity contribution is 5.61. The lowest BCUT2D eigenvalue weighted by atomic mass is 10.1. The van der Waals surface area contributed by atoms with Crippen LogP contribution in [0.5, 0.6) is 0 Å². The van der Waals surface area contributed by atoms with Gasteiger partial charge in [0.05, 0.1) is 11.4 Å². The molecule has 1 aromatic heterocycles. The monoisotopic (exact) mass is 257 g/mol. The second kappa shape index (κ2) is 5.57. The Morgan fingerprint density at radius 3 is 2.58 bits per heavy atom. The molecule has 2 aromatic rings. The van der Waals surface area contributed by atoms with E-state index in [1.807, 2.05) is 7.05 Å². The van der Waals surface area contributed by atoms with Crippen molar-refractivity contribution in [3.8, 4) is 11.4 Å². The molecule has 102 valence electrons. The zero-order valence-electron chi connectivity index (χ0n) is 12.5. The molecule has 0 fully saturated rings. The van der Waals surface area contributed by atoms with Gasteiger partial charge in [-0.15, -0.1) is 0 Å². The van der Waals surface area contributed by atoms with Crippen molar-refractivity contribution in [2.75, 3.05) is 7.05 Å². The van der Waals surface area contributed by atoms with Gasteiger partial charge in [-0.25, -0.2) is 4.98 Å². The van der Waals surface area contributed by atoms with Gasteiger partial charge in [0.15, 0.2) is 0 Å². The van der Waals surface area contributed by atoms with Gasteiger partial charge in [0.2, 0.25) is 0 Å². The highest BCUT2D eigenvalue weighted by Gasteiger charge is 2.14. The van der Waals surface area contributed by atoms with Crippen LogP contribution in [-0.2, 0) is 6.54 Å². The molecule has 0 aliphatic rings. The Kier molecular flexibility index (Phi) is 4.05. The summed E-state index contributed by atoms with van der Waals surface area (Å²) in [5.41, 5.74) is 6.08. The summed E-state index contributed by atoms with van der Waals surface area (Å²) >= 11 is 0. The van der Waals surface area contributed by atoms with Gasteiger partial charge in [0.1, 0.15) is 5.82 Å². The highest BCUT2D eigenvalue weighted by atomic mass is 15.0. The molecule has 19 heavy (non-hydrogen) atoms. The highest BCUT2D eigenvalue weighted by Crippen LogP contribution is 2.26. The molecule has 0 radical (unpaired) electrons. The molecular weight excluding hydrogens is 234 g/mol. The molecule has 3 heteroatoms. The summed E-state index contributed by atoms with van der Waals surface area (Å²) in [6, 6.07) is 6.49. The fourth-order valence-electron chi connectivity index (χ4n) is 2.42. The van der Waals surface area contributed by atoms with Crippen LogP contribution < -0.4 is 5.32 Å². The zero-order chi connectivity index (χ0) is 14.0. The number of nitrogens with zero attached hydrogens (tertiary/aromatic N) is 1. The van der Waals surface area contributed by atoms with E-state index in [0.717, 1.165) is 18.1 Å². The van der Waals surface area contributed by atoms with Crippen LogP contribution in [0.1, 0.15) is 42.3 Å². The first kappa shape index (κ1) is 13.8. The lowest BCUT2D eigenvalue weighted by Crippen LogP contribution is -2.08. The maximum absolute atomic E-state index is 4.79. The Labute approximate surface area is 115 Å². The van der Waals surface area contributed by atoms with Gasteiger partial charge in [0.25, 0.3) is 0 Å².